The Kier molecular flexibility index (Phi) is 5.49. The van der Waals surface area contributed by atoms with Crippen LogP contribution in [0.25, 0.3) is 0 Å². The second-order valence-corrected chi connectivity index (χ2v) is 4.96. The van der Waals surface area contributed by atoms with Crippen LogP contribution in [0.1, 0.15) is 38.2 Å². The van der Waals surface area contributed by atoms with Gasteiger partial charge in [0.25, 0.3) is 0 Å². The van der Waals surface area contributed by atoms with Crippen LogP contribution < -0.4 is 10.2 Å². The van der Waals surface area contributed by atoms with E-state index in [0.29, 0.717) is 12.0 Å². The predicted molar refractivity (Wildman–Crippen MR) is 76.9 cm³/mol. The van der Waals surface area contributed by atoms with Gasteiger partial charge in [-0.25, -0.2) is 0 Å². The van der Waals surface area contributed by atoms with Gasteiger partial charge < -0.3 is 10.2 Å². The van der Waals surface area contributed by atoms with Crippen LogP contribution in [-0.4, -0.2) is 27.2 Å². The molecule has 2 heteroatoms. The zero-order chi connectivity index (χ0) is 12.8. The monoisotopic (exact) mass is 234 g/mol. The van der Waals surface area contributed by atoms with Crippen LogP contribution in [0, 0.1) is 0 Å². The van der Waals surface area contributed by atoms with Gasteiger partial charge in [0.05, 0.1) is 0 Å². The summed E-state index contributed by atoms with van der Waals surface area (Å²) in [6.07, 6.45) is 2.46. The molecule has 0 aliphatic rings. The van der Waals surface area contributed by atoms with E-state index in [9.17, 15) is 0 Å². The maximum atomic E-state index is 3.43. The van der Waals surface area contributed by atoms with Gasteiger partial charge >= 0.3 is 0 Å². The number of nitrogens with zero attached hydrogens (tertiary/aromatic N) is 1. The summed E-state index contributed by atoms with van der Waals surface area (Å²) in [5.41, 5.74) is 2.68. The van der Waals surface area contributed by atoms with Gasteiger partial charge in [0.2, 0.25) is 0 Å². The molecular weight excluding hydrogens is 208 g/mol. The molecule has 0 heterocycles. The van der Waals surface area contributed by atoms with Gasteiger partial charge in [0.15, 0.2) is 0 Å². The Labute approximate surface area is 106 Å². The highest BCUT2D eigenvalue weighted by molar-refractivity contribution is 5.46. The Hall–Kier alpha value is -1.02. The Morgan fingerprint density at radius 2 is 1.76 bits per heavy atom. The van der Waals surface area contributed by atoms with E-state index < -0.39 is 0 Å². The molecule has 0 amide bonds. The maximum Gasteiger partial charge on any atom is 0.0361 e. The van der Waals surface area contributed by atoms with Crippen LogP contribution in [0.3, 0.4) is 0 Å². The molecule has 0 spiro atoms. The largest absolute Gasteiger partial charge is 0.378 e. The van der Waals surface area contributed by atoms with E-state index >= 15 is 0 Å². The fourth-order valence-corrected chi connectivity index (χ4v) is 2.26. The van der Waals surface area contributed by atoms with E-state index in [1.165, 1.54) is 24.1 Å². The lowest BCUT2D eigenvalue weighted by atomic mass is 9.90. The zero-order valence-corrected chi connectivity index (χ0v) is 11.8. The summed E-state index contributed by atoms with van der Waals surface area (Å²) in [6.45, 7) is 4.55. The van der Waals surface area contributed by atoms with E-state index in [0.717, 1.165) is 0 Å². The van der Waals surface area contributed by atoms with Gasteiger partial charge in [-0.15, -0.1) is 0 Å². The molecule has 0 bridgehead atoms. The average Bonchev–Trinajstić information content (AvgIpc) is 2.35. The van der Waals surface area contributed by atoms with Crippen molar-refractivity contribution in [1.82, 2.24) is 5.32 Å². The van der Waals surface area contributed by atoms with Crippen LogP contribution in [0.2, 0.25) is 0 Å². The quantitative estimate of drug-likeness (QED) is 0.813. The smallest absolute Gasteiger partial charge is 0.0361 e. The molecule has 2 unspecified atom stereocenters. The van der Waals surface area contributed by atoms with E-state index in [1.54, 1.807) is 0 Å². The van der Waals surface area contributed by atoms with Gasteiger partial charge in [0, 0.05) is 25.8 Å². The van der Waals surface area contributed by atoms with Gasteiger partial charge in [-0.1, -0.05) is 32.4 Å². The first-order valence-corrected chi connectivity index (χ1v) is 6.54. The molecule has 0 aliphatic carbocycles. The van der Waals surface area contributed by atoms with E-state index in [1.807, 2.05) is 0 Å². The van der Waals surface area contributed by atoms with Crippen molar-refractivity contribution in [2.45, 2.75) is 38.6 Å². The number of anilines is 1. The first kappa shape index (κ1) is 14.0. The molecule has 17 heavy (non-hydrogen) atoms. The fraction of sp³-hybridized carbons (Fsp3) is 0.600. The Morgan fingerprint density at radius 1 is 1.18 bits per heavy atom. The molecule has 1 rings (SSSR count). The summed E-state index contributed by atoms with van der Waals surface area (Å²) >= 11 is 0. The lowest BCUT2D eigenvalue weighted by Crippen LogP contribution is -2.30. The summed E-state index contributed by atoms with van der Waals surface area (Å²) in [5.74, 6) is 0.566. The van der Waals surface area contributed by atoms with Crippen molar-refractivity contribution in [2.75, 3.05) is 26.0 Å². The van der Waals surface area contributed by atoms with Gasteiger partial charge in [-0.3, -0.25) is 0 Å². The first-order chi connectivity index (χ1) is 8.10. The third kappa shape index (κ3) is 3.74. The fourth-order valence-electron chi connectivity index (χ4n) is 2.26. The predicted octanol–water partition coefficient (Wildman–Crippen LogP) is 3.24. The van der Waals surface area contributed by atoms with Crippen LogP contribution in [0.5, 0.6) is 0 Å². The number of hydrogen-bond donors (Lipinski definition) is 1. The highest BCUT2D eigenvalue weighted by Gasteiger charge is 2.16. The number of hydrogen-bond acceptors (Lipinski definition) is 2. The zero-order valence-electron chi connectivity index (χ0n) is 11.8. The molecular formula is C15H26N2. The van der Waals surface area contributed by atoms with Crippen LogP contribution in [0.15, 0.2) is 24.3 Å². The molecule has 0 saturated carbocycles. The van der Waals surface area contributed by atoms with E-state index in [2.05, 4.69) is 69.5 Å². The topological polar surface area (TPSA) is 15.3 Å². The minimum Gasteiger partial charge on any atom is -0.378 e. The van der Waals surface area contributed by atoms with Crippen LogP contribution in [-0.2, 0) is 0 Å². The Morgan fingerprint density at radius 3 is 2.18 bits per heavy atom. The first-order valence-electron chi connectivity index (χ1n) is 6.54. The number of benzene rings is 1. The lowest BCUT2D eigenvalue weighted by Gasteiger charge is -2.24. The molecule has 0 fully saturated rings. The van der Waals surface area contributed by atoms with Crippen molar-refractivity contribution in [3.8, 4) is 0 Å². The van der Waals surface area contributed by atoms with E-state index in [-0.39, 0.29) is 0 Å². The van der Waals surface area contributed by atoms with E-state index in [4.69, 9.17) is 0 Å². The van der Waals surface area contributed by atoms with Crippen molar-refractivity contribution in [2.24, 2.45) is 0 Å². The Bertz CT molecular complexity index is 316. The van der Waals surface area contributed by atoms with Gasteiger partial charge in [-0.05, 0) is 37.1 Å². The minimum atomic E-state index is 0.566. The molecule has 2 atom stereocenters. The number of rotatable bonds is 6. The highest BCUT2D eigenvalue weighted by atomic mass is 15.1. The van der Waals surface area contributed by atoms with Crippen molar-refractivity contribution < 1.29 is 0 Å². The van der Waals surface area contributed by atoms with Crippen molar-refractivity contribution in [3.05, 3.63) is 29.8 Å². The number of nitrogens with one attached hydrogen (secondary N) is 1. The van der Waals surface area contributed by atoms with Gasteiger partial charge in [-0.2, -0.15) is 0 Å². The summed E-state index contributed by atoms with van der Waals surface area (Å²) in [6, 6.07) is 9.47. The Balaban J connectivity index is 2.77. The molecule has 0 aromatic heterocycles. The normalized spacial score (nSPS) is 14.4. The molecule has 96 valence electrons. The lowest BCUT2D eigenvalue weighted by molar-refractivity contribution is 0.451. The van der Waals surface area contributed by atoms with Gasteiger partial charge in [0.1, 0.15) is 0 Å². The van der Waals surface area contributed by atoms with Crippen LogP contribution >= 0.6 is 0 Å². The SMILES string of the molecule is CCCC(NC)C(C)c1ccc(N(C)C)cc1. The summed E-state index contributed by atoms with van der Waals surface area (Å²) in [4.78, 5) is 2.13. The molecule has 1 aromatic rings. The molecule has 1 N–H and O–H groups in total. The second kappa shape index (κ2) is 6.65. The minimum absolute atomic E-state index is 0.566. The summed E-state index contributed by atoms with van der Waals surface area (Å²) < 4.78 is 0. The third-order valence-electron chi connectivity index (χ3n) is 3.51. The maximum absolute atomic E-state index is 3.43. The highest BCUT2D eigenvalue weighted by Crippen LogP contribution is 2.24. The third-order valence-corrected chi connectivity index (χ3v) is 3.51. The standard InChI is InChI=1S/C15H26N2/c1-6-7-15(16-3)12(2)13-8-10-14(11-9-13)17(4)5/h8-12,15-16H,6-7H2,1-5H3. The molecule has 0 radical (unpaired) electrons. The molecule has 1 aromatic carbocycles. The summed E-state index contributed by atoms with van der Waals surface area (Å²) in [7, 11) is 6.21. The second-order valence-electron chi connectivity index (χ2n) is 4.96. The summed E-state index contributed by atoms with van der Waals surface area (Å²) in [5, 5.41) is 3.43. The van der Waals surface area contributed by atoms with Crippen LogP contribution in [0.4, 0.5) is 5.69 Å². The number of likely N-dealkylation sites (N-methyl/N-ethyl adjacent to an activating group) is 1. The average molecular weight is 234 g/mol. The molecule has 0 aliphatic heterocycles. The van der Waals surface area contributed by atoms with Crippen molar-refractivity contribution >= 4 is 5.69 Å². The van der Waals surface area contributed by atoms with Crippen molar-refractivity contribution in [3.63, 3.8) is 0 Å². The molecule has 2 nitrogen and oxygen atoms in total. The van der Waals surface area contributed by atoms with Crippen molar-refractivity contribution in [1.29, 1.82) is 0 Å². The molecule has 0 saturated heterocycles.